The first kappa shape index (κ1) is 27.2. The zero-order chi connectivity index (χ0) is 26.5. The topological polar surface area (TPSA) is 151 Å². The number of esters is 1. The molecule has 0 saturated carbocycles. The van der Waals surface area contributed by atoms with Gasteiger partial charge in [0.05, 0.1) is 23.7 Å². The Morgan fingerprint density at radius 1 is 1.14 bits per heavy atom. The number of hydrogen-bond acceptors (Lipinski definition) is 11. The van der Waals surface area contributed by atoms with Crippen molar-refractivity contribution < 1.29 is 19.4 Å². The molecule has 2 aromatic heterocycles. The van der Waals surface area contributed by atoms with Gasteiger partial charge < -0.3 is 30.3 Å². The number of carbonyl (C=O) groups excluding carboxylic acids is 1. The maximum Gasteiger partial charge on any atom is 0.338 e. The molecular weight excluding hydrogens is 464 g/mol. The number of hydrogen-bond donors (Lipinski definition) is 2. The van der Waals surface area contributed by atoms with Crippen molar-refractivity contribution >= 4 is 23.8 Å². The van der Waals surface area contributed by atoms with E-state index in [-0.39, 0.29) is 24.0 Å². The zero-order valence-electron chi connectivity index (χ0n) is 21.6. The first-order chi connectivity index (χ1) is 17.0. The molecule has 12 nitrogen and oxygen atoms in total. The molecule has 0 unspecified atom stereocenters. The Kier molecular flexibility index (Phi) is 8.75. The van der Waals surface area contributed by atoms with Crippen LogP contribution < -0.4 is 15.5 Å². The van der Waals surface area contributed by atoms with Crippen molar-refractivity contribution in [1.29, 1.82) is 0 Å². The summed E-state index contributed by atoms with van der Waals surface area (Å²) >= 11 is 0. The minimum absolute atomic E-state index is 0.0208. The van der Waals surface area contributed by atoms with Gasteiger partial charge in [0.25, 0.3) is 0 Å². The van der Waals surface area contributed by atoms with Crippen LogP contribution in [-0.4, -0.2) is 100 Å². The summed E-state index contributed by atoms with van der Waals surface area (Å²) in [6.45, 7) is 8.49. The molecule has 2 aromatic rings. The molecule has 0 aliphatic carbocycles. The number of nitrogens with zero attached hydrogens (tertiary/aromatic N) is 7. The summed E-state index contributed by atoms with van der Waals surface area (Å²) in [6, 6.07) is 0.0208. The molecule has 12 heteroatoms. The second-order valence-electron chi connectivity index (χ2n) is 10.1. The minimum atomic E-state index is -1.06. The molecule has 1 aliphatic heterocycles. The third-order valence-electron chi connectivity index (χ3n) is 5.56. The van der Waals surface area contributed by atoms with E-state index in [2.05, 4.69) is 29.7 Å². The Labute approximate surface area is 211 Å². The van der Waals surface area contributed by atoms with E-state index in [0.717, 1.165) is 12.2 Å². The lowest BCUT2D eigenvalue weighted by Crippen LogP contribution is -2.57. The highest BCUT2D eigenvalue weighted by Crippen LogP contribution is 2.22. The molecule has 1 fully saturated rings. The van der Waals surface area contributed by atoms with Crippen molar-refractivity contribution in [3.05, 3.63) is 35.4 Å². The predicted octanol–water partition coefficient (Wildman–Crippen LogP) is 0.607. The van der Waals surface area contributed by atoms with Gasteiger partial charge in [-0.1, -0.05) is 0 Å². The number of carboxylic acids is 1. The van der Waals surface area contributed by atoms with Gasteiger partial charge in [-0.25, -0.2) is 24.7 Å². The average molecular weight is 501 g/mol. The molecule has 0 amide bonds. The number of aromatic carboxylic acids is 1. The lowest BCUT2D eigenvalue weighted by molar-refractivity contribution is -0.153. The van der Waals surface area contributed by atoms with E-state index in [1.54, 1.807) is 6.20 Å². The number of carbonyl (C=O) groups is 2. The van der Waals surface area contributed by atoms with Crippen molar-refractivity contribution in [2.75, 3.05) is 56.6 Å². The van der Waals surface area contributed by atoms with Crippen LogP contribution in [0.3, 0.4) is 0 Å². The summed E-state index contributed by atoms with van der Waals surface area (Å²) in [5.74, 6) is -0.316. The molecule has 0 spiro atoms. The molecule has 3 heterocycles. The number of nitrogens with two attached hydrogens (primary N) is 1. The predicted molar refractivity (Wildman–Crippen MR) is 135 cm³/mol. The molecule has 0 bridgehead atoms. The molecule has 0 aromatic carbocycles. The van der Waals surface area contributed by atoms with Crippen molar-refractivity contribution in [3.8, 4) is 0 Å². The van der Waals surface area contributed by atoms with Crippen LogP contribution in [0.4, 0.5) is 11.9 Å². The van der Waals surface area contributed by atoms with E-state index >= 15 is 0 Å². The first-order valence-electron chi connectivity index (χ1n) is 11.9. The Morgan fingerprint density at radius 2 is 1.81 bits per heavy atom. The van der Waals surface area contributed by atoms with Crippen molar-refractivity contribution in [2.45, 2.75) is 45.3 Å². The number of rotatable bonds is 9. The fraction of sp³-hybridized carbons (Fsp3) is 0.583. The summed E-state index contributed by atoms with van der Waals surface area (Å²) in [6.07, 6.45) is 4.97. The molecule has 196 valence electrons. The number of ether oxygens (including phenoxy) is 1. The summed E-state index contributed by atoms with van der Waals surface area (Å²) in [5, 5.41) is 9.14. The van der Waals surface area contributed by atoms with Gasteiger partial charge in [-0.2, -0.15) is 0 Å². The SMILES string of the molecule is CN(C)C[C@H]1CN(c2ncc(CC(=O)OC(C)(C)C)c(CCN)n2)CCN1c1ncc(C(=O)O)cn1. The highest BCUT2D eigenvalue weighted by Gasteiger charge is 2.31. The first-order valence-corrected chi connectivity index (χ1v) is 11.9. The Bertz CT molecular complexity index is 1060. The summed E-state index contributed by atoms with van der Waals surface area (Å²) in [5.41, 5.74) is 6.77. The largest absolute Gasteiger partial charge is 0.478 e. The molecule has 0 radical (unpaired) electrons. The fourth-order valence-electron chi connectivity index (χ4n) is 4.08. The second kappa shape index (κ2) is 11.6. The van der Waals surface area contributed by atoms with Crippen LogP contribution in [0, 0.1) is 0 Å². The Morgan fingerprint density at radius 3 is 2.39 bits per heavy atom. The van der Waals surface area contributed by atoms with Crippen LogP contribution >= 0.6 is 0 Å². The number of likely N-dealkylation sites (N-methyl/N-ethyl adjacent to an activating group) is 1. The highest BCUT2D eigenvalue weighted by atomic mass is 16.6. The lowest BCUT2D eigenvalue weighted by Gasteiger charge is -2.42. The van der Waals surface area contributed by atoms with Gasteiger partial charge in [-0.15, -0.1) is 0 Å². The molecular formula is C24H36N8O4. The average Bonchev–Trinajstić information content (AvgIpc) is 2.79. The van der Waals surface area contributed by atoms with Crippen molar-refractivity contribution in [2.24, 2.45) is 5.73 Å². The van der Waals surface area contributed by atoms with Gasteiger partial charge in [0, 0.05) is 56.8 Å². The van der Waals surface area contributed by atoms with Gasteiger partial charge in [0.15, 0.2) is 0 Å². The summed E-state index contributed by atoms with van der Waals surface area (Å²) in [4.78, 5) is 47.7. The van der Waals surface area contributed by atoms with Crippen molar-refractivity contribution in [3.63, 3.8) is 0 Å². The van der Waals surface area contributed by atoms with E-state index < -0.39 is 11.6 Å². The molecule has 1 saturated heterocycles. The van der Waals surface area contributed by atoms with E-state index in [0.29, 0.717) is 50.1 Å². The van der Waals surface area contributed by atoms with Crippen LogP contribution in [0.25, 0.3) is 0 Å². The smallest absolute Gasteiger partial charge is 0.338 e. The van der Waals surface area contributed by atoms with Gasteiger partial charge in [-0.3, -0.25) is 4.79 Å². The monoisotopic (exact) mass is 500 g/mol. The number of aromatic nitrogens is 4. The quantitative estimate of drug-likeness (QED) is 0.464. The van der Waals surface area contributed by atoms with Gasteiger partial charge in [-0.05, 0) is 41.4 Å². The van der Waals surface area contributed by atoms with Crippen LogP contribution in [0.15, 0.2) is 18.6 Å². The van der Waals surface area contributed by atoms with Crippen molar-refractivity contribution in [1.82, 2.24) is 24.8 Å². The molecule has 3 N–H and O–H groups in total. The maximum absolute atomic E-state index is 12.4. The maximum atomic E-state index is 12.4. The van der Waals surface area contributed by atoms with E-state index in [9.17, 15) is 9.59 Å². The molecule has 1 aliphatic rings. The third-order valence-corrected chi connectivity index (χ3v) is 5.56. The zero-order valence-corrected chi connectivity index (χ0v) is 21.6. The highest BCUT2D eigenvalue weighted by molar-refractivity contribution is 5.86. The van der Waals surface area contributed by atoms with E-state index in [1.165, 1.54) is 12.4 Å². The van der Waals surface area contributed by atoms with Gasteiger partial charge in [0.1, 0.15) is 5.60 Å². The Balaban J connectivity index is 1.80. The van der Waals surface area contributed by atoms with Crippen LogP contribution in [0.2, 0.25) is 0 Å². The lowest BCUT2D eigenvalue weighted by atomic mass is 10.1. The molecule has 1 atom stereocenters. The fourth-order valence-corrected chi connectivity index (χ4v) is 4.08. The Hall–Kier alpha value is -3.38. The minimum Gasteiger partial charge on any atom is -0.478 e. The third kappa shape index (κ3) is 7.31. The molecule has 3 rings (SSSR count). The number of carboxylic acid groups (broad SMARTS) is 1. The summed E-state index contributed by atoms with van der Waals surface area (Å²) < 4.78 is 5.46. The number of piperazine rings is 1. The van der Waals surface area contributed by atoms with E-state index in [1.807, 2.05) is 34.9 Å². The van der Waals surface area contributed by atoms with Gasteiger partial charge in [0.2, 0.25) is 11.9 Å². The van der Waals surface area contributed by atoms with Crippen LogP contribution in [-0.2, 0) is 22.4 Å². The standard InChI is InChI=1S/C24H36N8O4/c1-24(2,3)36-20(33)10-16-11-28-23(29-19(16)6-7-25)31-8-9-32(18(15-31)14-30(4)5)22-26-12-17(13-27-22)21(34)35/h11-13,18H,6-10,14-15,25H2,1-5H3,(H,34,35)/t18-/m0/s1. The normalized spacial score (nSPS) is 16.4. The van der Waals surface area contributed by atoms with Crippen LogP contribution in [0.1, 0.15) is 42.4 Å². The molecule has 36 heavy (non-hydrogen) atoms. The number of anilines is 2. The van der Waals surface area contributed by atoms with E-state index in [4.69, 9.17) is 20.6 Å². The van der Waals surface area contributed by atoms with Crippen LogP contribution in [0.5, 0.6) is 0 Å². The van der Waals surface area contributed by atoms with Gasteiger partial charge >= 0.3 is 11.9 Å². The second-order valence-corrected chi connectivity index (χ2v) is 10.1. The summed E-state index contributed by atoms with van der Waals surface area (Å²) in [7, 11) is 3.99.